The lowest BCUT2D eigenvalue weighted by Crippen LogP contribution is -2.08. The van der Waals surface area contributed by atoms with Crippen LogP contribution in [0.4, 0.5) is 0 Å². The fourth-order valence-electron chi connectivity index (χ4n) is 3.63. The highest BCUT2D eigenvalue weighted by atomic mass is 32.2. The largest absolute Gasteiger partial charge is 0.508 e. The van der Waals surface area contributed by atoms with E-state index in [1.165, 1.54) is 61.7 Å². The first-order valence-electron chi connectivity index (χ1n) is 13.0. The van der Waals surface area contributed by atoms with Gasteiger partial charge in [-0.15, -0.1) is 0 Å². The van der Waals surface area contributed by atoms with Crippen molar-refractivity contribution >= 4 is 17.7 Å². The van der Waals surface area contributed by atoms with E-state index < -0.39 is 0 Å². The summed E-state index contributed by atoms with van der Waals surface area (Å²) in [6.45, 7) is 2.23. The molecule has 2 aromatic rings. The number of unbranched alkanes of at least 4 members (excludes halogenated alkanes) is 8. The van der Waals surface area contributed by atoms with Gasteiger partial charge in [-0.05, 0) is 62.8 Å². The van der Waals surface area contributed by atoms with E-state index in [4.69, 9.17) is 4.74 Å². The van der Waals surface area contributed by atoms with Crippen molar-refractivity contribution in [1.29, 1.82) is 0 Å². The molecule has 0 spiro atoms. The van der Waals surface area contributed by atoms with Crippen molar-refractivity contribution in [3.63, 3.8) is 0 Å². The second kappa shape index (κ2) is 17.6. The molecule has 0 radical (unpaired) electrons. The predicted octanol–water partition coefficient (Wildman–Crippen LogP) is 8.67. The Kier molecular flexibility index (Phi) is 14.3. The molecule has 196 valence electrons. The third-order valence-electron chi connectivity index (χ3n) is 5.65. The zero-order valence-corrected chi connectivity index (χ0v) is 22.1. The molecule has 0 fully saturated rings. The SMILES string of the molecule is CCCCC/C=C\C/C=C\CCCCCCCC(=O)Oc1cc(O)ccc1Sc1ccc(O)cc1O. The normalized spacial score (nSPS) is 11.5. The maximum absolute atomic E-state index is 12.4. The summed E-state index contributed by atoms with van der Waals surface area (Å²) in [5, 5.41) is 29.3. The molecule has 3 N–H and O–H groups in total. The highest BCUT2D eigenvalue weighted by molar-refractivity contribution is 7.99. The van der Waals surface area contributed by atoms with Gasteiger partial charge >= 0.3 is 5.97 Å². The minimum absolute atomic E-state index is 0.00544. The first kappa shape index (κ1) is 29.4. The first-order valence-corrected chi connectivity index (χ1v) is 13.8. The Bertz CT molecular complexity index is 983. The van der Waals surface area contributed by atoms with Crippen LogP contribution in [0.2, 0.25) is 0 Å². The van der Waals surface area contributed by atoms with Crippen molar-refractivity contribution in [2.75, 3.05) is 0 Å². The van der Waals surface area contributed by atoms with Crippen LogP contribution in [0.3, 0.4) is 0 Å². The van der Waals surface area contributed by atoms with Crippen LogP contribution in [0.15, 0.2) is 70.5 Å². The van der Waals surface area contributed by atoms with Crippen molar-refractivity contribution in [3.8, 4) is 23.0 Å². The van der Waals surface area contributed by atoms with E-state index in [2.05, 4.69) is 31.2 Å². The highest BCUT2D eigenvalue weighted by Gasteiger charge is 2.14. The second-order valence-corrected chi connectivity index (χ2v) is 9.92. The number of esters is 1. The molecule has 2 rings (SSSR count). The van der Waals surface area contributed by atoms with Gasteiger partial charge in [-0.25, -0.2) is 0 Å². The van der Waals surface area contributed by atoms with Crippen molar-refractivity contribution < 1.29 is 24.9 Å². The van der Waals surface area contributed by atoms with E-state index in [-0.39, 0.29) is 29.0 Å². The van der Waals surface area contributed by atoms with Gasteiger partial charge in [0.15, 0.2) is 0 Å². The quantitative estimate of drug-likeness (QED) is 0.0850. The van der Waals surface area contributed by atoms with Gasteiger partial charge < -0.3 is 20.1 Å². The van der Waals surface area contributed by atoms with Crippen LogP contribution in [0.5, 0.6) is 23.0 Å². The monoisotopic (exact) mass is 512 g/mol. The molecular formula is C30H40O5S. The Morgan fingerprint density at radius 2 is 1.39 bits per heavy atom. The van der Waals surface area contributed by atoms with Crippen LogP contribution in [0.25, 0.3) is 0 Å². The fraction of sp³-hybridized carbons (Fsp3) is 0.433. The molecule has 6 heteroatoms. The van der Waals surface area contributed by atoms with Crippen LogP contribution in [0.1, 0.15) is 84.0 Å². The molecule has 0 atom stereocenters. The number of benzene rings is 2. The Labute approximate surface area is 219 Å². The fourth-order valence-corrected chi connectivity index (χ4v) is 4.50. The maximum atomic E-state index is 12.4. The van der Waals surface area contributed by atoms with Crippen molar-refractivity contribution in [3.05, 3.63) is 60.7 Å². The number of rotatable bonds is 17. The Morgan fingerprint density at radius 1 is 0.778 bits per heavy atom. The second-order valence-electron chi connectivity index (χ2n) is 8.84. The Hall–Kier alpha value is -2.86. The lowest BCUT2D eigenvalue weighted by Gasteiger charge is -2.11. The first-order chi connectivity index (χ1) is 17.5. The number of carbonyl (C=O) groups excluding carboxylic acids is 1. The number of phenols is 3. The summed E-state index contributed by atoms with van der Waals surface area (Å²) in [5.41, 5.74) is 0. The van der Waals surface area contributed by atoms with E-state index >= 15 is 0 Å². The van der Waals surface area contributed by atoms with E-state index in [1.807, 2.05) is 0 Å². The third-order valence-corrected chi connectivity index (χ3v) is 6.77. The average molecular weight is 513 g/mol. The summed E-state index contributed by atoms with van der Waals surface area (Å²) in [6, 6.07) is 8.82. The molecule has 0 unspecified atom stereocenters. The predicted molar refractivity (Wildman–Crippen MR) is 147 cm³/mol. The average Bonchev–Trinajstić information content (AvgIpc) is 2.84. The number of allylic oxidation sites excluding steroid dienone is 4. The standard InChI is InChI=1S/C30H40O5S/c1-2-3-4-5-6-7-8-9-10-11-12-13-14-15-16-17-30(34)35-27-23-25(32)19-21-29(27)36-28-20-18-24(31)22-26(28)33/h6-7,9-10,18-23,31-33H,2-5,8,11-17H2,1H3/b7-6-,10-9-. The lowest BCUT2D eigenvalue weighted by molar-refractivity contribution is -0.134. The summed E-state index contributed by atoms with van der Waals surface area (Å²) in [5.74, 6) is -0.209. The van der Waals surface area contributed by atoms with Gasteiger partial charge in [0.1, 0.15) is 23.0 Å². The number of hydrogen-bond acceptors (Lipinski definition) is 6. The smallest absolute Gasteiger partial charge is 0.311 e. The Balaban J connectivity index is 1.63. The molecule has 0 bridgehead atoms. The molecule has 0 aliphatic carbocycles. The molecule has 0 aliphatic rings. The van der Waals surface area contributed by atoms with Gasteiger partial charge in [0.2, 0.25) is 0 Å². The van der Waals surface area contributed by atoms with Crippen LogP contribution in [0, 0.1) is 0 Å². The van der Waals surface area contributed by atoms with E-state index in [0.29, 0.717) is 16.2 Å². The molecular weight excluding hydrogens is 472 g/mol. The van der Waals surface area contributed by atoms with Gasteiger partial charge in [0.25, 0.3) is 0 Å². The summed E-state index contributed by atoms with van der Waals surface area (Å²) >= 11 is 1.19. The van der Waals surface area contributed by atoms with Crippen LogP contribution in [-0.2, 0) is 4.79 Å². The molecule has 5 nitrogen and oxygen atoms in total. The number of phenolic OH excluding ortho intramolecular Hbond substituents is 3. The van der Waals surface area contributed by atoms with Gasteiger partial charge in [-0.2, -0.15) is 0 Å². The zero-order chi connectivity index (χ0) is 26.0. The zero-order valence-electron chi connectivity index (χ0n) is 21.3. The molecule has 0 aromatic heterocycles. The maximum Gasteiger partial charge on any atom is 0.311 e. The molecule has 2 aromatic carbocycles. The number of ether oxygens (including phenoxy) is 1. The topological polar surface area (TPSA) is 87.0 Å². The molecule has 0 heterocycles. The summed E-state index contributed by atoms with van der Waals surface area (Å²) < 4.78 is 5.52. The number of hydrogen-bond donors (Lipinski definition) is 3. The minimum atomic E-state index is -0.344. The number of aromatic hydroxyl groups is 3. The summed E-state index contributed by atoms with van der Waals surface area (Å²) in [4.78, 5) is 13.5. The van der Waals surface area contributed by atoms with E-state index in [9.17, 15) is 20.1 Å². The molecule has 0 saturated carbocycles. The summed E-state index contributed by atoms with van der Waals surface area (Å²) in [7, 11) is 0. The van der Waals surface area contributed by atoms with Crippen LogP contribution >= 0.6 is 11.8 Å². The van der Waals surface area contributed by atoms with Crippen LogP contribution in [-0.4, -0.2) is 21.3 Å². The Morgan fingerprint density at radius 3 is 2.08 bits per heavy atom. The van der Waals surface area contributed by atoms with E-state index in [0.717, 1.165) is 44.9 Å². The van der Waals surface area contributed by atoms with Gasteiger partial charge in [0.05, 0.1) is 9.79 Å². The third kappa shape index (κ3) is 12.2. The van der Waals surface area contributed by atoms with Crippen molar-refractivity contribution in [2.24, 2.45) is 0 Å². The number of carbonyl (C=O) groups is 1. The lowest BCUT2D eigenvalue weighted by atomic mass is 10.1. The summed E-state index contributed by atoms with van der Waals surface area (Å²) in [6.07, 6.45) is 21.7. The molecule has 36 heavy (non-hydrogen) atoms. The minimum Gasteiger partial charge on any atom is -0.508 e. The van der Waals surface area contributed by atoms with Gasteiger partial charge in [-0.3, -0.25) is 4.79 Å². The van der Waals surface area contributed by atoms with Crippen LogP contribution < -0.4 is 4.74 Å². The van der Waals surface area contributed by atoms with Gasteiger partial charge in [-0.1, -0.05) is 75.1 Å². The van der Waals surface area contributed by atoms with Gasteiger partial charge in [0, 0.05) is 18.6 Å². The molecule has 0 aliphatic heterocycles. The molecule has 0 saturated heterocycles. The highest BCUT2D eigenvalue weighted by Crippen LogP contribution is 2.41. The van der Waals surface area contributed by atoms with Crippen molar-refractivity contribution in [2.45, 2.75) is 93.8 Å². The molecule has 0 amide bonds. The van der Waals surface area contributed by atoms with Crippen molar-refractivity contribution in [1.82, 2.24) is 0 Å². The van der Waals surface area contributed by atoms with E-state index in [1.54, 1.807) is 12.1 Å².